The van der Waals surface area contributed by atoms with Crippen molar-refractivity contribution in [3.63, 3.8) is 0 Å². The van der Waals surface area contributed by atoms with Crippen LogP contribution in [0.3, 0.4) is 0 Å². The first-order chi connectivity index (χ1) is 16.5. The number of nitro benzene ring substituents is 1. The van der Waals surface area contributed by atoms with Crippen LogP contribution in [-0.2, 0) is 10.0 Å². The van der Waals surface area contributed by atoms with Gasteiger partial charge in [0.05, 0.1) is 26.8 Å². The van der Waals surface area contributed by atoms with Crippen LogP contribution < -0.4 is 10.3 Å². The molecule has 4 aromatic rings. The molecule has 1 aromatic heterocycles. The van der Waals surface area contributed by atoms with E-state index in [9.17, 15) is 33.5 Å². The van der Waals surface area contributed by atoms with Gasteiger partial charge in [-0.05, 0) is 37.1 Å². The minimum absolute atomic E-state index is 0.0600. The Morgan fingerprint density at radius 2 is 1.60 bits per heavy atom. The molecule has 0 saturated heterocycles. The molecule has 3 aromatic carbocycles. The normalized spacial score (nSPS) is 12.5. The third kappa shape index (κ3) is 4.59. The lowest BCUT2D eigenvalue weighted by molar-refractivity contribution is -0.384. The molecule has 1 unspecified atom stereocenters. The van der Waals surface area contributed by atoms with Crippen LogP contribution in [0.5, 0.6) is 11.5 Å². The molecule has 0 saturated carbocycles. The maximum Gasteiger partial charge on any atom is 0.336 e. The Labute approximate surface area is 199 Å². The number of nitro groups is 1. The van der Waals surface area contributed by atoms with E-state index in [1.807, 2.05) is 0 Å². The van der Waals surface area contributed by atoms with Gasteiger partial charge in [-0.1, -0.05) is 29.8 Å². The van der Waals surface area contributed by atoms with Crippen LogP contribution in [0.15, 0.2) is 74.8 Å². The molecule has 4 rings (SSSR count). The largest absolute Gasteiger partial charge is 0.507 e. The molecular weight excluding hydrogens is 476 g/mol. The fourth-order valence-corrected chi connectivity index (χ4v) is 5.01. The Morgan fingerprint density at radius 1 is 0.971 bits per heavy atom. The first-order valence-electron chi connectivity index (χ1n) is 10.3. The van der Waals surface area contributed by atoms with Gasteiger partial charge in [0.1, 0.15) is 11.5 Å². The number of phenolic OH excluding ortho intramolecular Hbond substituents is 2. The zero-order chi connectivity index (χ0) is 25.5. The van der Waals surface area contributed by atoms with Crippen LogP contribution in [0.1, 0.15) is 28.3 Å². The van der Waals surface area contributed by atoms with Crippen molar-refractivity contribution >= 4 is 26.7 Å². The van der Waals surface area contributed by atoms with Gasteiger partial charge in [-0.25, -0.2) is 13.2 Å². The predicted octanol–water partition coefficient (Wildman–Crippen LogP) is 3.80. The van der Waals surface area contributed by atoms with E-state index < -0.39 is 32.4 Å². The van der Waals surface area contributed by atoms with Crippen molar-refractivity contribution in [2.24, 2.45) is 0 Å². The number of hydrogen-bond acceptors (Lipinski definition) is 8. The van der Waals surface area contributed by atoms with E-state index in [4.69, 9.17) is 4.42 Å². The molecule has 1 atom stereocenters. The number of aromatic hydroxyl groups is 2. The molecule has 0 aliphatic rings. The van der Waals surface area contributed by atoms with Crippen molar-refractivity contribution < 1.29 is 28.0 Å². The summed E-state index contributed by atoms with van der Waals surface area (Å²) in [5.41, 5.74) is 0.0543. The molecule has 0 amide bonds. The third-order valence-corrected chi connectivity index (χ3v) is 6.98. The number of aryl methyl sites for hydroxylation is 2. The van der Waals surface area contributed by atoms with Gasteiger partial charge in [-0.3, -0.25) is 10.1 Å². The molecule has 10 nitrogen and oxygen atoms in total. The summed E-state index contributed by atoms with van der Waals surface area (Å²) in [6.45, 7) is 3.35. The van der Waals surface area contributed by atoms with Crippen molar-refractivity contribution in [1.29, 1.82) is 0 Å². The van der Waals surface area contributed by atoms with Crippen molar-refractivity contribution in [1.82, 2.24) is 4.72 Å². The van der Waals surface area contributed by atoms with Crippen LogP contribution in [0.4, 0.5) is 5.69 Å². The number of phenols is 2. The maximum absolute atomic E-state index is 13.3. The Kier molecular flexibility index (Phi) is 6.05. The number of nitrogens with one attached hydrogen (secondary N) is 1. The van der Waals surface area contributed by atoms with E-state index in [2.05, 4.69) is 4.72 Å². The summed E-state index contributed by atoms with van der Waals surface area (Å²) in [7, 11) is -4.19. The Hall–Kier alpha value is -4.22. The van der Waals surface area contributed by atoms with Crippen molar-refractivity contribution in [3.05, 3.63) is 103 Å². The number of nitrogens with zero attached hydrogens (tertiary/aromatic N) is 1. The van der Waals surface area contributed by atoms with Crippen molar-refractivity contribution in [2.75, 3.05) is 0 Å². The Bertz CT molecular complexity index is 1610. The van der Waals surface area contributed by atoms with Crippen LogP contribution in [0, 0.1) is 24.0 Å². The van der Waals surface area contributed by atoms with Gasteiger partial charge in [-0.2, -0.15) is 4.72 Å². The second-order valence-corrected chi connectivity index (χ2v) is 9.71. The molecule has 0 radical (unpaired) electrons. The second kappa shape index (κ2) is 8.85. The average Bonchev–Trinajstić information content (AvgIpc) is 2.78. The molecular formula is C24H20N2O8S. The number of rotatable bonds is 6. The molecule has 0 fully saturated rings. The molecule has 0 aliphatic carbocycles. The quantitative estimate of drug-likeness (QED) is 0.206. The SMILES string of the molecule is Cc1ccc(S(=O)(=O)NC(c2ccc([N+](=O)[O-])cc2)c2c(O)cc(O)c3c(C)cc(=O)oc23)cc1. The first-order valence-corrected chi connectivity index (χ1v) is 11.8. The van der Waals surface area contributed by atoms with Crippen molar-refractivity contribution in [2.45, 2.75) is 24.8 Å². The number of non-ortho nitro benzene ring substituents is 1. The van der Waals surface area contributed by atoms with Gasteiger partial charge in [-0.15, -0.1) is 0 Å². The predicted molar refractivity (Wildman–Crippen MR) is 127 cm³/mol. The van der Waals surface area contributed by atoms with E-state index in [0.29, 0.717) is 5.56 Å². The summed E-state index contributed by atoms with van der Waals surface area (Å²) in [5, 5.41) is 32.4. The summed E-state index contributed by atoms with van der Waals surface area (Å²) in [4.78, 5) is 22.6. The molecule has 0 aliphatic heterocycles. The highest BCUT2D eigenvalue weighted by atomic mass is 32.2. The first kappa shape index (κ1) is 23.9. The third-order valence-electron chi connectivity index (χ3n) is 5.54. The molecule has 35 heavy (non-hydrogen) atoms. The van der Waals surface area contributed by atoms with Gasteiger partial charge in [0.25, 0.3) is 5.69 Å². The van der Waals surface area contributed by atoms with Crippen LogP contribution >= 0.6 is 0 Å². The summed E-state index contributed by atoms with van der Waals surface area (Å²) in [6.07, 6.45) is 0. The van der Waals surface area contributed by atoms with E-state index in [-0.39, 0.29) is 38.4 Å². The highest BCUT2D eigenvalue weighted by Gasteiger charge is 2.30. The number of fused-ring (bicyclic) bond motifs is 1. The number of benzene rings is 3. The lowest BCUT2D eigenvalue weighted by Gasteiger charge is -2.22. The topological polar surface area (TPSA) is 160 Å². The summed E-state index contributed by atoms with van der Waals surface area (Å²) < 4.78 is 34.4. The minimum atomic E-state index is -4.19. The van der Waals surface area contributed by atoms with Gasteiger partial charge in [0.15, 0.2) is 5.58 Å². The average molecular weight is 496 g/mol. The summed E-state index contributed by atoms with van der Waals surface area (Å²) in [5.74, 6) is -0.912. The lowest BCUT2D eigenvalue weighted by Crippen LogP contribution is -2.30. The van der Waals surface area contributed by atoms with Crippen molar-refractivity contribution in [3.8, 4) is 11.5 Å². The zero-order valence-electron chi connectivity index (χ0n) is 18.6. The van der Waals surface area contributed by atoms with E-state index in [0.717, 1.165) is 17.7 Å². The highest BCUT2D eigenvalue weighted by molar-refractivity contribution is 7.89. The van der Waals surface area contributed by atoms with Gasteiger partial charge < -0.3 is 14.6 Å². The molecule has 180 valence electrons. The fourth-order valence-electron chi connectivity index (χ4n) is 3.81. The Balaban J connectivity index is 1.99. The van der Waals surface area contributed by atoms with E-state index >= 15 is 0 Å². The molecule has 0 bridgehead atoms. The maximum atomic E-state index is 13.3. The fraction of sp³-hybridized carbons (Fsp3) is 0.125. The van der Waals surface area contributed by atoms with Gasteiger partial charge in [0, 0.05) is 24.3 Å². The second-order valence-electron chi connectivity index (χ2n) is 8.00. The number of sulfonamides is 1. The number of hydrogen-bond donors (Lipinski definition) is 3. The standard InChI is InChI=1S/C24H20N2O8S/c1-13-3-9-17(10-4-13)35(32,33)25-23(15-5-7-16(8-6-15)26(30)31)22-19(28)12-18(27)21-14(2)11-20(29)34-24(21)22/h3-12,23,25,27-28H,1-2H3. The van der Waals surface area contributed by atoms with Crippen LogP contribution in [0.25, 0.3) is 11.0 Å². The zero-order valence-corrected chi connectivity index (χ0v) is 19.4. The Morgan fingerprint density at radius 3 is 2.20 bits per heavy atom. The van der Waals surface area contributed by atoms with Crippen LogP contribution in [-0.4, -0.2) is 23.6 Å². The highest BCUT2D eigenvalue weighted by Crippen LogP contribution is 2.41. The molecule has 11 heteroatoms. The van der Waals surface area contributed by atoms with E-state index in [1.165, 1.54) is 36.4 Å². The van der Waals surface area contributed by atoms with E-state index in [1.54, 1.807) is 26.0 Å². The minimum Gasteiger partial charge on any atom is -0.507 e. The van der Waals surface area contributed by atoms with Gasteiger partial charge >= 0.3 is 5.63 Å². The summed E-state index contributed by atoms with van der Waals surface area (Å²) in [6, 6.07) is 11.9. The van der Waals surface area contributed by atoms with Crippen LogP contribution in [0.2, 0.25) is 0 Å². The van der Waals surface area contributed by atoms with Gasteiger partial charge in [0.2, 0.25) is 10.0 Å². The molecule has 1 heterocycles. The molecule has 3 N–H and O–H groups in total. The monoisotopic (exact) mass is 496 g/mol. The molecule has 0 spiro atoms. The summed E-state index contributed by atoms with van der Waals surface area (Å²) >= 11 is 0. The lowest BCUT2D eigenvalue weighted by atomic mass is 9.95. The smallest absolute Gasteiger partial charge is 0.336 e.